The molecule has 0 heterocycles. The van der Waals surface area contributed by atoms with Gasteiger partial charge >= 0.3 is 0 Å². The molecular weight excluding hydrogens is 248 g/mol. The van der Waals surface area contributed by atoms with Crippen LogP contribution in [0.2, 0.25) is 0 Å². The zero-order valence-corrected chi connectivity index (χ0v) is 11.9. The zero-order chi connectivity index (χ0) is 14.5. The molecule has 0 unspecified atom stereocenters. The van der Waals surface area contributed by atoms with Crippen LogP contribution in [-0.4, -0.2) is 5.91 Å². The van der Waals surface area contributed by atoms with E-state index in [-0.39, 0.29) is 5.91 Å². The summed E-state index contributed by atoms with van der Waals surface area (Å²) in [5, 5.41) is 3.02. The van der Waals surface area contributed by atoms with Crippen molar-refractivity contribution in [3.05, 3.63) is 59.2 Å². The highest BCUT2D eigenvalue weighted by atomic mass is 16.1. The lowest BCUT2D eigenvalue weighted by Gasteiger charge is -2.13. The van der Waals surface area contributed by atoms with E-state index in [1.54, 1.807) is 0 Å². The van der Waals surface area contributed by atoms with Crippen LogP contribution in [0.25, 0.3) is 0 Å². The van der Waals surface area contributed by atoms with Gasteiger partial charge in [0.15, 0.2) is 0 Å². The van der Waals surface area contributed by atoms with Crippen molar-refractivity contribution in [1.82, 2.24) is 0 Å². The Bertz CT molecular complexity index is 620. The lowest BCUT2D eigenvalue weighted by Crippen LogP contribution is -2.16. The topological polar surface area (TPSA) is 55.1 Å². The minimum Gasteiger partial charge on any atom is -0.399 e. The molecule has 0 atom stereocenters. The van der Waals surface area contributed by atoms with Crippen molar-refractivity contribution in [3.8, 4) is 0 Å². The van der Waals surface area contributed by atoms with Crippen molar-refractivity contribution in [2.75, 3.05) is 11.1 Å². The number of aryl methyl sites for hydroxylation is 2. The van der Waals surface area contributed by atoms with Crippen LogP contribution in [0.15, 0.2) is 42.5 Å². The second-order valence-corrected chi connectivity index (χ2v) is 4.93. The van der Waals surface area contributed by atoms with E-state index < -0.39 is 0 Å². The molecule has 104 valence electrons. The van der Waals surface area contributed by atoms with E-state index in [2.05, 4.69) is 12.2 Å². The predicted octanol–water partition coefficient (Wildman–Crippen LogP) is 3.32. The van der Waals surface area contributed by atoms with Crippen molar-refractivity contribution < 1.29 is 4.79 Å². The summed E-state index contributed by atoms with van der Waals surface area (Å²) in [6.07, 6.45) is 1.23. The third-order valence-electron chi connectivity index (χ3n) is 3.32. The van der Waals surface area contributed by atoms with Crippen molar-refractivity contribution in [2.45, 2.75) is 26.7 Å². The summed E-state index contributed by atoms with van der Waals surface area (Å²) in [4.78, 5) is 12.2. The molecule has 0 bridgehead atoms. The molecule has 0 spiro atoms. The van der Waals surface area contributed by atoms with Gasteiger partial charge in [0.2, 0.25) is 5.91 Å². The van der Waals surface area contributed by atoms with Gasteiger partial charge in [-0.25, -0.2) is 0 Å². The molecule has 2 aromatic rings. The molecule has 0 saturated carbocycles. The quantitative estimate of drug-likeness (QED) is 0.836. The molecular formula is C17H20N2O. The number of amides is 1. The van der Waals surface area contributed by atoms with Gasteiger partial charge in [-0.15, -0.1) is 0 Å². The molecule has 0 aromatic heterocycles. The van der Waals surface area contributed by atoms with Crippen LogP contribution in [0, 0.1) is 6.92 Å². The summed E-state index contributed by atoms with van der Waals surface area (Å²) >= 11 is 0. The van der Waals surface area contributed by atoms with Crippen molar-refractivity contribution >= 4 is 17.3 Å². The molecule has 0 aliphatic carbocycles. The Hall–Kier alpha value is -2.29. The molecule has 3 heteroatoms. The van der Waals surface area contributed by atoms with Crippen LogP contribution in [-0.2, 0) is 17.6 Å². The minimum absolute atomic E-state index is 0.0143. The van der Waals surface area contributed by atoms with Gasteiger partial charge in [-0.3, -0.25) is 4.79 Å². The van der Waals surface area contributed by atoms with Gasteiger partial charge in [0.1, 0.15) is 0 Å². The number of rotatable bonds is 4. The smallest absolute Gasteiger partial charge is 0.228 e. The van der Waals surface area contributed by atoms with E-state index in [1.165, 1.54) is 0 Å². The molecule has 3 N–H and O–H groups in total. The van der Waals surface area contributed by atoms with Gasteiger partial charge in [-0.1, -0.05) is 37.3 Å². The molecule has 0 aliphatic rings. The number of para-hydroxylation sites is 1. The van der Waals surface area contributed by atoms with Gasteiger partial charge in [-0.05, 0) is 42.2 Å². The van der Waals surface area contributed by atoms with Gasteiger partial charge in [-0.2, -0.15) is 0 Å². The Labute approximate surface area is 119 Å². The first-order chi connectivity index (χ1) is 9.60. The molecule has 1 amide bonds. The average Bonchev–Trinajstić information content (AvgIpc) is 2.41. The van der Waals surface area contributed by atoms with Gasteiger partial charge in [0, 0.05) is 11.4 Å². The molecule has 0 radical (unpaired) electrons. The lowest BCUT2D eigenvalue weighted by atomic mass is 10.1. The van der Waals surface area contributed by atoms with Gasteiger partial charge < -0.3 is 11.1 Å². The van der Waals surface area contributed by atoms with E-state index in [9.17, 15) is 4.79 Å². The minimum atomic E-state index is -0.0143. The summed E-state index contributed by atoms with van der Waals surface area (Å²) in [6, 6.07) is 13.5. The number of benzene rings is 2. The number of nitrogens with two attached hydrogens (primary N) is 1. The summed E-state index contributed by atoms with van der Waals surface area (Å²) in [5.41, 5.74) is 10.5. The first kappa shape index (κ1) is 14.1. The van der Waals surface area contributed by atoms with Crippen molar-refractivity contribution in [1.29, 1.82) is 0 Å². The van der Waals surface area contributed by atoms with Crippen molar-refractivity contribution in [2.24, 2.45) is 0 Å². The Balaban J connectivity index is 2.12. The SMILES string of the molecule is CCc1cccc(C)c1NC(=O)Cc1cccc(N)c1. The highest BCUT2D eigenvalue weighted by molar-refractivity contribution is 5.93. The maximum Gasteiger partial charge on any atom is 0.228 e. The Morgan fingerprint density at radius 2 is 1.95 bits per heavy atom. The van der Waals surface area contributed by atoms with E-state index in [1.807, 2.05) is 49.4 Å². The van der Waals surface area contributed by atoms with Crippen molar-refractivity contribution in [3.63, 3.8) is 0 Å². The monoisotopic (exact) mass is 268 g/mol. The molecule has 0 aliphatic heterocycles. The zero-order valence-electron chi connectivity index (χ0n) is 11.9. The highest BCUT2D eigenvalue weighted by Gasteiger charge is 2.09. The largest absolute Gasteiger partial charge is 0.399 e. The third-order valence-corrected chi connectivity index (χ3v) is 3.32. The molecule has 2 aromatic carbocycles. The first-order valence-corrected chi connectivity index (χ1v) is 6.83. The van der Waals surface area contributed by atoms with E-state index in [0.29, 0.717) is 12.1 Å². The Kier molecular flexibility index (Phi) is 4.41. The second kappa shape index (κ2) is 6.24. The normalized spacial score (nSPS) is 10.3. The number of hydrogen-bond acceptors (Lipinski definition) is 2. The number of nitrogens with one attached hydrogen (secondary N) is 1. The number of carbonyl (C=O) groups excluding carboxylic acids is 1. The highest BCUT2D eigenvalue weighted by Crippen LogP contribution is 2.21. The van der Waals surface area contributed by atoms with Crippen LogP contribution in [0.4, 0.5) is 11.4 Å². The molecule has 0 saturated heterocycles. The number of nitrogen functional groups attached to an aromatic ring is 1. The van der Waals surface area contributed by atoms with E-state index >= 15 is 0 Å². The van der Waals surface area contributed by atoms with E-state index in [4.69, 9.17) is 5.73 Å². The fourth-order valence-corrected chi connectivity index (χ4v) is 2.27. The van der Waals surface area contributed by atoms with Crippen LogP contribution >= 0.6 is 0 Å². The van der Waals surface area contributed by atoms with Gasteiger partial charge in [0.25, 0.3) is 0 Å². The Morgan fingerprint density at radius 3 is 2.65 bits per heavy atom. The summed E-state index contributed by atoms with van der Waals surface area (Å²) in [7, 11) is 0. The maximum atomic E-state index is 12.2. The standard InChI is InChI=1S/C17H20N2O/c1-3-14-8-4-6-12(2)17(14)19-16(20)11-13-7-5-9-15(18)10-13/h4-10H,3,11,18H2,1-2H3,(H,19,20). The number of anilines is 2. The summed E-state index contributed by atoms with van der Waals surface area (Å²) in [5.74, 6) is -0.0143. The number of hydrogen-bond donors (Lipinski definition) is 2. The Morgan fingerprint density at radius 1 is 1.20 bits per heavy atom. The molecule has 0 fully saturated rings. The van der Waals surface area contributed by atoms with Crippen LogP contribution in [0.3, 0.4) is 0 Å². The van der Waals surface area contributed by atoms with Crippen LogP contribution < -0.4 is 11.1 Å². The average molecular weight is 268 g/mol. The molecule has 3 nitrogen and oxygen atoms in total. The maximum absolute atomic E-state index is 12.2. The van der Waals surface area contributed by atoms with Crippen LogP contribution in [0.5, 0.6) is 0 Å². The molecule has 2 rings (SSSR count). The van der Waals surface area contributed by atoms with Gasteiger partial charge in [0.05, 0.1) is 6.42 Å². The predicted molar refractivity (Wildman–Crippen MR) is 83.7 cm³/mol. The lowest BCUT2D eigenvalue weighted by molar-refractivity contribution is -0.115. The summed E-state index contributed by atoms with van der Waals surface area (Å²) in [6.45, 7) is 4.09. The fourth-order valence-electron chi connectivity index (χ4n) is 2.27. The summed E-state index contributed by atoms with van der Waals surface area (Å²) < 4.78 is 0. The third kappa shape index (κ3) is 3.38. The van der Waals surface area contributed by atoms with Crippen LogP contribution in [0.1, 0.15) is 23.6 Å². The second-order valence-electron chi connectivity index (χ2n) is 4.93. The van der Waals surface area contributed by atoms with E-state index in [0.717, 1.165) is 28.8 Å². The molecule has 20 heavy (non-hydrogen) atoms. The number of carbonyl (C=O) groups is 1. The fraction of sp³-hybridized carbons (Fsp3) is 0.235. The first-order valence-electron chi connectivity index (χ1n) is 6.83.